The molecule has 0 aliphatic carbocycles. The third-order valence-corrected chi connectivity index (χ3v) is 2.87. The molecule has 0 saturated heterocycles. The first-order valence-corrected chi connectivity index (χ1v) is 5.85. The summed E-state index contributed by atoms with van der Waals surface area (Å²) in [7, 11) is 1.82. The summed E-state index contributed by atoms with van der Waals surface area (Å²) in [6.45, 7) is 2.45. The molecular formula is C13H16N4O. The molecule has 18 heavy (non-hydrogen) atoms. The van der Waals surface area contributed by atoms with E-state index in [1.165, 1.54) is 0 Å². The zero-order valence-electron chi connectivity index (χ0n) is 10.6. The van der Waals surface area contributed by atoms with Gasteiger partial charge in [0.25, 0.3) is 5.91 Å². The highest BCUT2D eigenvalue weighted by Crippen LogP contribution is 2.04. The Morgan fingerprint density at radius 1 is 1.44 bits per heavy atom. The maximum atomic E-state index is 11.9. The van der Waals surface area contributed by atoms with Crippen molar-refractivity contribution in [1.29, 1.82) is 0 Å². The molecule has 0 unspecified atom stereocenters. The highest BCUT2D eigenvalue weighted by atomic mass is 16.1. The summed E-state index contributed by atoms with van der Waals surface area (Å²) in [5, 5.41) is 6.92. The van der Waals surface area contributed by atoms with Gasteiger partial charge in [0, 0.05) is 37.6 Å². The van der Waals surface area contributed by atoms with E-state index in [4.69, 9.17) is 0 Å². The van der Waals surface area contributed by atoms with Gasteiger partial charge in [-0.15, -0.1) is 0 Å². The van der Waals surface area contributed by atoms with E-state index in [0.717, 1.165) is 17.8 Å². The lowest BCUT2D eigenvalue weighted by Crippen LogP contribution is -2.26. The fourth-order valence-electron chi connectivity index (χ4n) is 1.67. The molecule has 1 amide bonds. The van der Waals surface area contributed by atoms with Crippen molar-refractivity contribution in [2.45, 2.75) is 13.3 Å². The van der Waals surface area contributed by atoms with Crippen LogP contribution in [-0.2, 0) is 13.5 Å². The van der Waals surface area contributed by atoms with E-state index in [9.17, 15) is 4.79 Å². The standard InChI is InChI=1S/C13H16N4O/c1-10-12(9-16-17(10)2)13(18)15-8-6-11-5-3-4-7-14-11/h3-5,7,9H,6,8H2,1-2H3,(H,15,18). The van der Waals surface area contributed by atoms with Gasteiger partial charge in [-0.1, -0.05) is 6.07 Å². The molecule has 0 aliphatic rings. The molecular weight excluding hydrogens is 228 g/mol. The topological polar surface area (TPSA) is 59.8 Å². The number of aryl methyl sites for hydroxylation is 1. The second kappa shape index (κ2) is 5.44. The summed E-state index contributed by atoms with van der Waals surface area (Å²) in [4.78, 5) is 16.1. The van der Waals surface area contributed by atoms with E-state index < -0.39 is 0 Å². The number of aromatic nitrogens is 3. The number of rotatable bonds is 4. The SMILES string of the molecule is Cc1c(C(=O)NCCc2ccccn2)cnn1C. The van der Waals surface area contributed by atoms with E-state index in [-0.39, 0.29) is 5.91 Å². The Labute approximate surface area is 106 Å². The molecule has 2 rings (SSSR count). The highest BCUT2D eigenvalue weighted by molar-refractivity contribution is 5.94. The molecule has 2 heterocycles. The number of carbonyl (C=O) groups is 1. The van der Waals surface area contributed by atoms with Gasteiger partial charge in [-0.25, -0.2) is 0 Å². The minimum absolute atomic E-state index is 0.0865. The normalized spacial score (nSPS) is 10.3. The predicted molar refractivity (Wildman–Crippen MR) is 68.2 cm³/mol. The van der Waals surface area contributed by atoms with E-state index in [1.54, 1.807) is 17.1 Å². The molecule has 94 valence electrons. The second-order valence-electron chi connectivity index (χ2n) is 4.09. The largest absolute Gasteiger partial charge is 0.352 e. The Balaban J connectivity index is 1.88. The minimum atomic E-state index is -0.0865. The first kappa shape index (κ1) is 12.3. The predicted octanol–water partition coefficient (Wildman–Crippen LogP) is 1.10. The second-order valence-corrected chi connectivity index (χ2v) is 4.09. The zero-order chi connectivity index (χ0) is 13.0. The molecule has 2 aromatic rings. The van der Waals surface area contributed by atoms with Gasteiger partial charge in [0.05, 0.1) is 11.8 Å². The fraction of sp³-hybridized carbons (Fsp3) is 0.308. The summed E-state index contributed by atoms with van der Waals surface area (Å²) < 4.78 is 1.69. The zero-order valence-corrected chi connectivity index (χ0v) is 10.6. The number of nitrogens with one attached hydrogen (secondary N) is 1. The van der Waals surface area contributed by atoms with Crippen LogP contribution in [0.5, 0.6) is 0 Å². The van der Waals surface area contributed by atoms with E-state index in [2.05, 4.69) is 15.4 Å². The van der Waals surface area contributed by atoms with Crippen molar-refractivity contribution >= 4 is 5.91 Å². The molecule has 0 radical (unpaired) electrons. The summed E-state index contributed by atoms with van der Waals surface area (Å²) >= 11 is 0. The number of hydrogen-bond acceptors (Lipinski definition) is 3. The van der Waals surface area contributed by atoms with Crippen LogP contribution in [0.2, 0.25) is 0 Å². The van der Waals surface area contributed by atoms with Gasteiger partial charge in [-0.2, -0.15) is 5.10 Å². The molecule has 0 aromatic carbocycles. The first-order valence-electron chi connectivity index (χ1n) is 5.85. The first-order chi connectivity index (χ1) is 8.68. The molecule has 0 fully saturated rings. The van der Waals surface area contributed by atoms with Crippen molar-refractivity contribution in [3.8, 4) is 0 Å². The lowest BCUT2D eigenvalue weighted by Gasteiger charge is -2.04. The Kier molecular flexibility index (Phi) is 3.72. The van der Waals surface area contributed by atoms with Crippen molar-refractivity contribution in [2.75, 3.05) is 6.54 Å². The molecule has 0 bridgehead atoms. The molecule has 0 aliphatic heterocycles. The van der Waals surface area contributed by atoms with Crippen LogP contribution in [0.3, 0.4) is 0 Å². The molecule has 1 N–H and O–H groups in total. The van der Waals surface area contributed by atoms with Crippen LogP contribution < -0.4 is 5.32 Å². The molecule has 5 nitrogen and oxygen atoms in total. The van der Waals surface area contributed by atoms with Crippen LogP contribution in [-0.4, -0.2) is 27.2 Å². The van der Waals surface area contributed by atoms with Gasteiger partial charge in [-0.05, 0) is 19.1 Å². The number of amides is 1. The Hall–Kier alpha value is -2.17. The number of carbonyl (C=O) groups excluding carboxylic acids is 1. The number of pyridine rings is 1. The average Bonchev–Trinajstić information content (AvgIpc) is 2.71. The minimum Gasteiger partial charge on any atom is -0.352 e. The van der Waals surface area contributed by atoms with Crippen molar-refractivity contribution < 1.29 is 4.79 Å². The third-order valence-electron chi connectivity index (χ3n) is 2.87. The van der Waals surface area contributed by atoms with E-state index >= 15 is 0 Å². The molecule has 0 atom stereocenters. The van der Waals surface area contributed by atoms with Gasteiger partial charge in [0.15, 0.2) is 0 Å². The summed E-state index contributed by atoms with van der Waals surface area (Å²) in [5.41, 5.74) is 2.46. The number of hydrogen-bond donors (Lipinski definition) is 1. The van der Waals surface area contributed by atoms with Crippen LogP contribution in [0.1, 0.15) is 21.7 Å². The van der Waals surface area contributed by atoms with Gasteiger partial charge in [-0.3, -0.25) is 14.5 Å². The molecule has 0 saturated carbocycles. The van der Waals surface area contributed by atoms with Crippen molar-refractivity contribution in [3.63, 3.8) is 0 Å². The van der Waals surface area contributed by atoms with Crippen LogP contribution in [0, 0.1) is 6.92 Å². The van der Waals surface area contributed by atoms with Crippen molar-refractivity contribution in [1.82, 2.24) is 20.1 Å². The van der Waals surface area contributed by atoms with Crippen LogP contribution >= 0.6 is 0 Å². The third kappa shape index (κ3) is 2.74. The quantitative estimate of drug-likeness (QED) is 0.876. The van der Waals surface area contributed by atoms with Gasteiger partial charge in [0.1, 0.15) is 0 Å². The maximum Gasteiger partial charge on any atom is 0.254 e. The maximum absolute atomic E-state index is 11.9. The molecule has 5 heteroatoms. The van der Waals surface area contributed by atoms with Crippen molar-refractivity contribution in [3.05, 3.63) is 47.5 Å². The van der Waals surface area contributed by atoms with Crippen LogP contribution in [0.4, 0.5) is 0 Å². The lowest BCUT2D eigenvalue weighted by molar-refractivity contribution is 0.0953. The Morgan fingerprint density at radius 3 is 2.89 bits per heavy atom. The van der Waals surface area contributed by atoms with Gasteiger partial charge >= 0.3 is 0 Å². The number of nitrogens with zero attached hydrogens (tertiary/aromatic N) is 3. The average molecular weight is 244 g/mol. The summed E-state index contributed by atoms with van der Waals surface area (Å²) in [6, 6.07) is 5.76. The van der Waals surface area contributed by atoms with Crippen molar-refractivity contribution in [2.24, 2.45) is 7.05 Å². The fourth-order valence-corrected chi connectivity index (χ4v) is 1.67. The van der Waals surface area contributed by atoms with E-state index in [0.29, 0.717) is 12.1 Å². The van der Waals surface area contributed by atoms with Gasteiger partial charge < -0.3 is 5.32 Å². The molecule has 2 aromatic heterocycles. The summed E-state index contributed by atoms with van der Waals surface area (Å²) in [6.07, 6.45) is 4.07. The molecule has 0 spiro atoms. The van der Waals surface area contributed by atoms with Crippen LogP contribution in [0.15, 0.2) is 30.6 Å². The smallest absolute Gasteiger partial charge is 0.254 e. The van der Waals surface area contributed by atoms with E-state index in [1.807, 2.05) is 32.2 Å². The van der Waals surface area contributed by atoms with Gasteiger partial charge in [0.2, 0.25) is 0 Å². The highest BCUT2D eigenvalue weighted by Gasteiger charge is 2.11. The van der Waals surface area contributed by atoms with Crippen LogP contribution in [0.25, 0.3) is 0 Å². The summed E-state index contributed by atoms with van der Waals surface area (Å²) in [5.74, 6) is -0.0865. The Morgan fingerprint density at radius 2 is 2.28 bits per heavy atom. The Bertz CT molecular complexity index is 533. The monoisotopic (exact) mass is 244 g/mol. The lowest BCUT2D eigenvalue weighted by atomic mass is 10.2.